The van der Waals surface area contributed by atoms with Gasteiger partial charge in [-0.15, -0.1) is 0 Å². The number of rotatable bonds is 6. The Morgan fingerprint density at radius 3 is 2.52 bits per heavy atom. The van der Waals surface area contributed by atoms with Crippen LogP contribution in [0.15, 0.2) is 42.5 Å². The molecule has 0 aromatic heterocycles. The number of carbonyl (C=O) groups excluding carboxylic acids is 1. The summed E-state index contributed by atoms with van der Waals surface area (Å²) in [5.74, 6) is 6.33. The Morgan fingerprint density at radius 2 is 1.83 bits per heavy atom. The molecule has 9 heteroatoms. The van der Waals surface area contributed by atoms with Crippen molar-refractivity contribution in [3.63, 3.8) is 0 Å². The maximum Gasteiger partial charge on any atom is 0.416 e. The highest BCUT2D eigenvalue weighted by molar-refractivity contribution is 5.91. The van der Waals surface area contributed by atoms with Crippen molar-refractivity contribution in [1.29, 1.82) is 0 Å². The third-order valence-electron chi connectivity index (χ3n) is 3.59. The van der Waals surface area contributed by atoms with E-state index < -0.39 is 17.8 Å². The SMILES string of the molecule is COc1ccc(NC(=O)NCC#CCOc2cccc(C(F)(F)F)c2)c(OC)c1. The lowest BCUT2D eigenvalue weighted by atomic mass is 10.2. The van der Waals surface area contributed by atoms with E-state index in [9.17, 15) is 18.0 Å². The Kier molecular flexibility index (Phi) is 7.60. The summed E-state index contributed by atoms with van der Waals surface area (Å²) in [4.78, 5) is 11.9. The Balaban J connectivity index is 1.78. The molecule has 0 aliphatic heterocycles. The number of benzene rings is 2. The number of alkyl halides is 3. The van der Waals surface area contributed by atoms with E-state index in [1.54, 1.807) is 18.2 Å². The van der Waals surface area contributed by atoms with Crippen molar-refractivity contribution in [2.24, 2.45) is 0 Å². The van der Waals surface area contributed by atoms with Gasteiger partial charge in [0.05, 0.1) is 32.0 Å². The molecule has 29 heavy (non-hydrogen) atoms. The first-order valence-corrected chi connectivity index (χ1v) is 8.36. The summed E-state index contributed by atoms with van der Waals surface area (Å²) in [7, 11) is 2.98. The molecule has 0 atom stereocenters. The molecular weight excluding hydrogens is 389 g/mol. The van der Waals surface area contributed by atoms with Gasteiger partial charge in [0.2, 0.25) is 0 Å². The van der Waals surface area contributed by atoms with E-state index in [2.05, 4.69) is 22.5 Å². The lowest BCUT2D eigenvalue weighted by Crippen LogP contribution is -2.29. The van der Waals surface area contributed by atoms with Crippen LogP contribution >= 0.6 is 0 Å². The third-order valence-corrected chi connectivity index (χ3v) is 3.59. The van der Waals surface area contributed by atoms with Crippen molar-refractivity contribution >= 4 is 11.7 Å². The van der Waals surface area contributed by atoms with Gasteiger partial charge in [-0.1, -0.05) is 17.9 Å². The summed E-state index contributed by atoms with van der Waals surface area (Å²) in [6.07, 6.45) is -4.44. The van der Waals surface area contributed by atoms with Gasteiger partial charge in [0.25, 0.3) is 0 Å². The minimum atomic E-state index is -4.44. The number of nitrogens with one attached hydrogen (secondary N) is 2. The topological polar surface area (TPSA) is 68.8 Å². The molecule has 0 radical (unpaired) electrons. The van der Waals surface area contributed by atoms with Gasteiger partial charge in [-0.3, -0.25) is 0 Å². The van der Waals surface area contributed by atoms with Gasteiger partial charge in [0.1, 0.15) is 23.9 Å². The molecule has 0 saturated carbocycles. The third kappa shape index (κ3) is 6.84. The maximum atomic E-state index is 12.6. The predicted molar refractivity (Wildman–Crippen MR) is 101 cm³/mol. The molecule has 2 amide bonds. The smallest absolute Gasteiger partial charge is 0.416 e. The van der Waals surface area contributed by atoms with Crippen LogP contribution in [0.25, 0.3) is 0 Å². The molecule has 0 aliphatic carbocycles. The Morgan fingerprint density at radius 1 is 1.03 bits per heavy atom. The molecule has 0 saturated heterocycles. The molecule has 2 N–H and O–H groups in total. The first-order chi connectivity index (χ1) is 13.8. The van der Waals surface area contributed by atoms with Crippen LogP contribution < -0.4 is 24.8 Å². The molecule has 0 aliphatic rings. The van der Waals surface area contributed by atoms with Crippen LogP contribution in [0.1, 0.15) is 5.56 Å². The lowest BCUT2D eigenvalue weighted by Gasteiger charge is -2.11. The largest absolute Gasteiger partial charge is 0.497 e. The van der Waals surface area contributed by atoms with Crippen molar-refractivity contribution in [2.75, 3.05) is 32.7 Å². The molecule has 0 bridgehead atoms. The molecule has 0 fully saturated rings. The fourth-order valence-corrected chi connectivity index (χ4v) is 2.19. The van der Waals surface area contributed by atoms with Crippen LogP contribution in [-0.2, 0) is 6.18 Å². The normalized spacial score (nSPS) is 10.4. The summed E-state index contributed by atoms with van der Waals surface area (Å²) < 4.78 is 53.3. The first kappa shape index (κ1) is 21.8. The Hall–Kier alpha value is -3.54. The number of hydrogen-bond acceptors (Lipinski definition) is 4. The summed E-state index contributed by atoms with van der Waals surface area (Å²) in [5.41, 5.74) is -0.345. The monoisotopic (exact) mass is 408 g/mol. The van der Waals surface area contributed by atoms with Gasteiger partial charge < -0.3 is 24.8 Å². The van der Waals surface area contributed by atoms with Crippen LogP contribution in [0.4, 0.5) is 23.7 Å². The van der Waals surface area contributed by atoms with Crippen LogP contribution in [0.5, 0.6) is 17.2 Å². The number of methoxy groups -OCH3 is 2. The van der Waals surface area contributed by atoms with E-state index in [0.717, 1.165) is 12.1 Å². The molecule has 0 spiro atoms. The zero-order valence-corrected chi connectivity index (χ0v) is 15.7. The second-order valence-corrected chi connectivity index (χ2v) is 5.54. The summed E-state index contributed by atoms with van der Waals surface area (Å²) in [6, 6.07) is 8.95. The van der Waals surface area contributed by atoms with Crippen LogP contribution in [0.3, 0.4) is 0 Å². The minimum absolute atomic E-state index is 0.0241. The number of urea groups is 1. The average molecular weight is 408 g/mol. The quantitative estimate of drug-likeness (QED) is 0.711. The lowest BCUT2D eigenvalue weighted by molar-refractivity contribution is -0.137. The summed E-state index contributed by atoms with van der Waals surface area (Å²) >= 11 is 0. The van der Waals surface area contributed by atoms with Gasteiger partial charge in [0, 0.05) is 6.07 Å². The number of anilines is 1. The zero-order valence-electron chi connectivity index (χ0n) is 15.7. The number of carbonyl (C=O) groups is 1. The number of hydrogen-bond donors (Lipinski definition) is 2. The number of ether oxygens (including phenoxy) is 3. The second-order valence-electron chi connectivity index (χ2n) is 5.54. The highest BCUT2D eigenvalue weighted by Crippen LogP contribution is 2.31. The average Bonchev–Trinajstić information content (AvgIpc) is 2.70. The standard InChI is InChI=1S/C20H19F3N2O4/c1-27-15-8-9-17(18(13-15)28-2)25-19(26)24-10-3-4-11-29-16-7-5-6-14(12-16)20(21,22)23/h5-9,12-13H,10-11H2,1-2H3,(H2,24,25,26). The van der Waals surface area contributed by atoms with Crippen molar-refractivity contribution < 1.29 is 32.2 Å². The van der Waals surface area contributed by atoms with Crippen LogP contribution in [-0.4, -0.2) is 33.4 Å². The Bertz CT molecular complexity index is 905. The van der Waals surface area contributed by atoms with Gasteiger partial charge >= 0.3 is 12.2 Å². The molecule has 154 valence electrons. The number of halogens is 3. The molecule has 6 nitrogen and oxygen atoms in total. The fraction of sp³-hybridized carbons (Fsp3) is 0.250. The molecule has 0 heterocycles. The number of amides is 2. The van der Waals surface area contributed by atoms with Gasteiger partial charge in [0.15, 0.2) is 0 Å². The second kappa shape index (κ2) is 10.1. The Labute approximate surface area is 166 Å². The van der Waals surface area contributed by atoms with Crippen LogP contribution in [0, 0.1) is 11.8 Å². The first-order valence-electron chi connectivity index (χ1n) is 8.36. The van der Waals surface area contributed by atoms with Gasteiger partial charge in [-0.2, -0.15) is 13.2 Å². The van der Waals surface area contributed by atoms with E-state index in [4.69, 9.17) is 14.2 Å². The van der Waals surface area contributed by atoms with Crippen LogP contribution in [0.2, 0.25) is 0 Å². The zero-order chi connectivity index (χ0) is 21.3. The molecule has 0 unspecified atom stereocenters. The van der Waals surface area contributed by atoms with E-state index in [1.165, 1.54) is 26.4 Å². The highest BCUT2D eigenvalue weighted by Gasteiger charge is 2.30. The predicted octanol–water partition coefficient (Wildman–Crippen LogP) is 3.93. The summed E-state index contributed by atoms with van der Waals surface area (Å²) in [6.45, 7) is -0.0901. The van der Waals surface area contributed by atoms with Crippen molar-refractivity contribution in [1.82, 2.24) is 5.32 Å². The summed E-state index contributed by atoms with van der Waals surface area (Å²) in [5, 5.41) is 5.14. The van der Waals surface area contributed by atoms with Crippen molar-refractivity contribution in [3.8, 4) is 29.1 Å². The van der Waals surface area contributed by atoms with E-state index in [-0.39, 0.29) is 18.9 Å². The minimum Gasteiger partial charge on any atom is -0.497 e. The van der Waals surface area contributed by atoms with E-state index in [1.807, 2.05) is 0 Å². The molecule has 2 aromatic rings. The van der Waals surface area contributed by atoms with E-state index in [0.29, 0.717) is 17.2 Å². The molecular formula is C20H19F3N2O4. The maximum absolute atomic E-state index is 12.6. The molecule has 2 aromatic carbocycles. The van der Waals surface area contributed by atoms with Gasteiger partial charge in [-0.25, -0.2) is 4.79 Å². The van der Waals surface area contributed by atoms with E-state index >= 15 is 0 Å². The van der Waals surface area contributed by atoms with Crippen molar-refractivity contribution in [3.05, 3.63) is 48.0 Å². The van der Waals surface area contributed by atoms with Gasteiger partial charge in [-0.05, 0) is 30.3 Å². The fourth-order valence-electron chi connectivity index (χ4n) is 2.19. The highest BCUT2D eigenvalue weighted by atomic mass is 19.4. The molecule has 2 rings (SSSR count). The van der Waals surface area contributed by atoms with Crippen molar-refractivity contribution in [2.45, 2.75) is 6.18 Å².